The number of carboxylic acids is 1. The lowest BCUT2D eigenvalue weighted by Crippen LogP contribution is -2.62. The third kappa shape index (κ3) is 3.45. The standard InChI is InChI=1S/C13H24N2O3/c1-4-6-9(2)14-11(16)10(3)15-13(12(17)18)7-5-8-13/h9-10,15H,4-8H2,1-3H3,(H,14,16)(H,17,18). The van der Waals surface area contributed by atoms with Gasteiger partial charge in [-0.25, -0.2) is 0 Å². The Morgan fingerprint density at radius 2 is 1.94 bits per heavy atom. The maximum atomic E-state index is 11.9. The van der Waals surface area contributed by atoms with Crippen molar-refractivity contribution in [2.45, 2.75) is 70.5 Å². The molecule has 3 N–H and O–H groups in total. The van der Waals surface area contributed by atoms with Gasteiger partial charge in [0.1, 0.15) is 5.54 Å². The van der Waals surface area contributed by atoms with E-state index in [1.54, 1.807) is 6.92 Å². The van der Waals surface area contributed by atoms with Gasteiger partial charge in [-0.2, -0.15) is 0 Å². The molecule has 5 heteroatoms. The number of hydrogen-bond acceptors (Lipinski definition) is 3. The molecule has 1 saturated carbocycles. The highest BCUT2D eigenvalue weighted by molar-refractivity contribution is 5.85. The van der Waals surface area contributed by atoms with Crippen molar-refractivity contribution in [1.29, 1.82) is 0 Å². The molecule has 0 bridgehead atoms. The molecular formula is C13H24N2O3. The summed E-state index contributed by atoms with van der Waals surface area (Å²) in [5, 5.41) is 15.0. The molecule has 0 heterocycles. The van der Waals surface area contributed by atoms with Gasteiger partial charge in [-0.05, 0) is 39.5 Å². The molecule has 1 fully saturated rings. The van der Waals surface area contributed by atoms with Crippen LogP contribution in [0.4, 0.5) is 0 Å². The zero-order valence-corrected chi connectivity index (χ0v) is 11.5. The topological polar surface area (TPSA) is 78.4 Å². The maximum absolute atomic E-state index is 11.9. The van der Waals surface area contributed by atoms with Crippen LogP contribution < -0.4 is 10.6 Å². The van der Waals surface area contributed by atoms with Crippen molar-refractivity contribution in [2.24, 2.45) is 0 Å². The Labute approximate surface area is 108 Å². The average Bonchev–Trinajstić information content (AvgIpc) is 2.22. The Morgan fingerprint density at radius 1 is 1.33 bits per heavy atom. The van der Waals surface area contributed by atoms with Gasteiger partial charge in [0, 0.05) is 6.04 Å². The molecule has 1 aliphatic rings. The van der Waals surface area contributed by atoms with Gasteiger partial charge in [-0.3, -0.25) is 14.9 Å². The fraction of sp³-hybridized carbons (Fsp3) is 0.846. The quantitative estimate of drug-likeness (QED) is 0.641. The Hall–Kier alpha value is -1.10. The fourth-order valence-corrected chi connectivity index (χ4v) is 2.30. The molecule has 0 spiro atoms. The first kappa shape index (κ1) is 15.0. The van der Waals surface area contributed by atoms with Crippen LogP contribution in [0.25, 0.3) is 0 Å². The van der Waals surface area contributed by atoms with Gasteiger partial charge in [0.05, 0.1) is 6.04 Å². The maximum Gasteiger partial charge on any atom is 0.323 e. The third-order valence-electron chi connectivity index (χ3n) is 3.61. The van der Waals surface area contributed by atoms with E-state index in [-0.39, 0.29) is 11.9 Å². The van der Waals surface area contributed by atoms with Crippen LogP contribution in [0.1, 0.15) is 52.9 Å². The summed E-state index contributed by atoms with van der Waals surface area (Å²) in [5.74, 6) is -0.974. The van der Waals surface area contributed by atoms with E-state index >= 15 is 0 Å². The Bertz CT molecular complexity index is 313. The van der Waals surface area contributed by atoms with E-state index in [1.165, 1.54) is 0 Å². The summed E-state index contributed by atoms with van der Waals surface area (Å²) in [5.41, 5.74) is -0.884. The molecule has 0 aromatic rings. The highest BCUT2D eigenvalue weighted by Crippen LogP contribution is 2.32. The first-order valence-electron chi connectivity index (χ1n) is 6.73. The average molecular weight is 256 g/mol. The van der Waals surface area contributed by atoms with Crippen LogP contribution in [0.5, 0.6) is 0 Å². The Kier molecular flexibility index (Phi) is 5.14. The summed E-state index contributed by atoms with van der Waals surface area (Å²) < 4.78 is 0. The van der Waals surface area contributed by atoms with Gasteiger partial charge < -0.3 is 10.4 Å². The molecule has 18 heavy (non-hydrogen) atoms. The molecule has 2 unspecified atom stereocenters. The number of rotatable bonds is 7. The number of amides is 1. The Balaban J connectivity index is 2.46. The minimum Gasteiger partial charge on any atom is -0.480 e. The number of carboxylic acid groups (broad SMARTS) is 1. The molecule has 0 aromatic heterocycles. The van der Waals surface area contributed by atoms with Crippen molar-refractivity contribution < 1.29 is 14.7 Å². The zero-order chi connectivity index (χ0) is 13.8. The lowest BCUT2D eigenvalue weighted by molar-refractivity contribution is -0.149. The van der Waals surface area contributed by atoms with E-state index in [4.69, 9.17) is 0 Å². The van der Waals surface area contributed by atoms with Gasteiger partial charge in [0.2, 0.25) is 5.91 Å². The summed E-state index contributed by atoms with van der Waals surface area (Å²) in [7, 11) is 0. The number of aliphatic carboxylic acids is 1. The molecule has 0 aromatic carbocycles. The molecule has 1 rings (SSSR count). The van der Waals surface area contributed by atoms with Gasteiger partial charge in [-0.1, -0.05) is 13.3 Å². The van der Waals surface area contributed by atoms with E-state index in [9.17, 15) is 14.7 Å². The molecule has 0 saturated heterocycles. The minimum atomic E-state index is -0.884. The highest BCUT2D eigenvalue weighted by atomic mass is 16.4. The number of carbonyl (C=O) groups is 2. The predicted octanol–water partition coefficient (Wildman–Crippen LogP) is 1.28. The number of carbonyl (C=O) groups excluding carboxylic acids is 1. The van der Waals surface area contributed by atoms with Crippen LogP contribution >= 0.6 is 0 Å². The van der Waals surface area contributed by atoms with Crippen LogP contribution in [-0.2, 0) is 9.59 Å². The molecule has 1 aliphatic carbocycles. The first-order chi connectivity index (χ1) is 8.41. The van der Waals surface area contributed by atoms with Crippen molar-refractivity contribution in [3.63, 3.8) is 0 Å². The largest absolute Gasteiger partial charge is 0.480 e. The summed E-state index contributed by atoms with van der Waals surface area (Å²) in [6.45, 7) is 5.75. The molecule has 2 atom stereocenters. The van der Waals surface area contributed by atoms with Gasteiger partial charge in [0.25, 0.3) is 0 Å². The molecule has 104 valence electrons. The predicted molar refractivity (Wildman–Crippen MR) is 69.3 cm³/mol. The summed E-state index contributed by atoms with van der Waals surface area (Å²) in [6, 6.07) is -0.338. The SMILES string of the molecule is CCCC(C)NC(=O)C(C)NC1(C(=O)O)CCC1. The number of nitrogens with one attached hydrogen (secondary N) is 2. The van der Waals surface area contributed by atoms with E-state index in [1.807, 2.05) is 6.92 Å². The van der Waals surface area contributed by atoms with Crippen LogP contribution in [0.2, 0.25) is 0 Å². The van der Waals surface area contributed by atoms with Crippen molar-refractivity contribution in [3.8, 4) is 0 Å². The van der Waals surface area contributed by atoms with Crippen LogP contribution in [0.15, 0.2) is 0 Å². The smallest absolute Gasteiger partial charge is 0.323 e. The normalized spacial score (nSPS) is 20.6. The van der Waals surface area contributed by atoms with Crippen molar-refractivity contribution >= 4 is 11.9 Å². The second-order valence-electron chi connectivity index (χ2n) is 5.31. The number of hydrogen-bond donors (Lipinski definition) is 3. The van der Waals surface area contributed by atoms with Crippen molar-refractivity contribution in [3.05, 3.63) is 0 Å². The van der Waals surface area contributed by atoms with Crippen molar-refractivity contribution in [2.75, 3.05) is 0 Å². The molecule has 0 radical (unpaired) electrons. The van der Waals surface area contributed by atoms with Gasteiger partial charge in [-0.15, -0.1) is 0 Å². The molecule has 0 aliphatic heterocycles. The molecular weight excluding hydrogens is 232 g/mol. The van der Waals surface area contributed by atoms with Gasteiger partial charge in [0.15, 0.2) is 0 Å². The molecule has 1 amide bonds. The fourth-order valence-electron chi connectivity index (χ4n) is 2.30. The monoisotopic (exact) mass is 256 g/mol. The summed E-state index contributed by atoms with van der Waals surface area (Å²) >= 11 is 0. The summed E-state index contributed by atoms with van der Waals surface area (Å²) in [6.07, 6.45) is 4.06. The minimum absolute atomic E-state index is 0.122. The van der Waals surface area contributed by atoms with Crippen LogP contribution in [0, 0.1) is 0 Å². The third-order valence-corrected chi connectivity index (χ3v) is 3.61. The lowest BCUT2D eigenvalue weighted by atomic mass is 9.76. The van der Waals surface area contributed by atoms with E-state index < -0.39 is 17.6 Å². The van der Waals surface area contributed by atoms with E-state index in [2.05, 4.69) is 17.6 Å². The molecule has 5 nitrogen and oxygen atoms in total. The summed E-state index contributed by atoms with van der Waals surface area (Å²) in [4.78, 5) is 23.1. The zero-order valence-electron chi connectivity index (χ0n) is 11.5. The second-order valence-corrected chi connectivity index (χ2v) is 5.31. The Morgan fingerprint density at radius 3 is 2.33 bits per heavy atom. The lowest BCUT2D eigenvalue weighted by Gasteiger charge is -2.40. The second kappa shape index (κ2) is 6.18. The van der Waals surface area contributed by atoms with Crippen LogP contribution in [0.3, 0.4) is 0 Å². The van der Waals surface area contributed by atoms with Crippen LogP contribution in [-0.4, -0.2) is 34.6 Å². The highest BCUT2D eigenvalue weighted by Gasteiger charge is 2.45. The van der Waals surface area contributed by atoms with Crippen molar-refractivity contribution in [1.82, 2.24) is 10.6 Å². The first-order valence-corrected chi connectivity index (χ1v) is 6.73. The van der Waals surface area contributed by atoms with Gasteiger partial charge >= 0.3 is 5.97 Å². The van der Waals surface area contributed by atoms with E-state index in [0.29, 0.717) is 12.8 Å². The van der Waals surface area contributed by atoms with E-state index in [0.717, 1.165) is 19.3 Å².